The quantitative estimate of drug-likeness (QED) is 0.788. The van der Waals surface area contributed by atoms with Gasteiger partial charge in [0.25, 0.3) is 5.91 Å². The molecule has 0 N–H and O–H groups in total. The van der Waals surface area contributed by atoms with Gasteiger partial charge in [-0.25, -0.2) is 0 Å². The molecule has 0 aliphatic carbocycles. The summed E-state index contributed by atoms with van der Waals surface area (Å²) in [5, 5.41) is 1.16. The van der Waals surface area contributed by atoms with Crippen LogP contribution in [0.1, 0.15) is 22.8 Å². The van der Waals surface area contributed by atoms with E-state index in [1.807, 2.05) is 13.0 Å². The van der Waals surface area contributed by atoms with Crippen molar-refractivity contribution >= 4 is 40.7 Å². The summed E-state index contributed by atoms with van der Waals surface area (Å²) in [5.41, 5.74) is 2.29. The summed E-state index contributed by atoms with van der Waals surface area (Å²) in [7, 11) is 0. The van der Waals surface area contributed by atoms with Crippen LogP contribution in [0, 0.1) is 6.92 Å². The Morgan fingerprint density at radius 2 is 1.68 bits per heavy atom. The number of halogens is 2. The van der Waals surface area contributed by atoms with Crippen LogP contribution in [-0.4, -0.2) is 35.8 Å². The maximum Gasteiger partial charge on any atom is 0.254 e. The Morgan fingerprint density at radius 3 is 2.36 bits per heavy atom. The highest BCUT2D eigenvalue weighted by molar-refractivity contribution is 6.31. The largest absolute Gasteiger partial charge is 0.325 e. The first-order valence-corrected chi connectivity index (χ1v) is 8.78. The Hall–Kier alpha value is -2.04. The number of hydrogen-bond donors (Lipinski definition) is 0. The molecule has 0 saturated carbocycles. The predicted molar refractivity (Wildman–Crippen MR) is 100 cm³/mol. The number of carbonyl (C=O) groups excluding carboxylic acids is 2. The van der Waals surface area contributed by atoms with Crippen molar-refractivity contribution in [2.24, 2.45) is 0 Å². The van der Waals surface area contributed by atoms with E-state index in [0.29, 0.717) is 28.7 Å². The molecule has 1 atom stereocenters. The molecular weight excluding hydrogens is 359 g/mol. The first-order chi connectivity index (χ1) is 11.9. The zero-order chi connectivity index (χ0) is 18.1. The van der Waals surface area contributed by atoms with Gasteiger partial charge in [-0.2, -0.15) is 0 Å². The molecular formula is C19H18Cl2N2O2. The van der Waals surface area contributed by atoms with Gasteiger partial charge in [-0.15, -0.1) is 0 Å². The maximum atomic E-state index is 12.9. The number of carbonyl (C=O) groups is 2. The Labute approximate surface area is 156 Å². The van der Waals surface area contributed by atoms with Gasteiger partial charge in [-0.05, 0) is 55.8 Å². The van der Waals surface area contributed by atoms with Crippen LogP contribution < -0.4 is 4.90 Å². The number of piperazine rings is 1. The number of hydrogen-bond acceptors (Lipinski definition) is 2. The van der Waals surface area contributed by atoms with Crippen molar-refractivity contribution < 1.29 is 9.59 Å². The molecule has 1 heterocycles. The molecule has 2 aromatic carbocycles. The van der Waals surface area contributed by atoms with E-state index in [1.165, 1.54) is 0 Å². The SMILES string of the molecule is Cc1ccc(Cl)cc1N1CCN(C(=O)c2ccc(Cl)cc2)C(C)C1=O. The van der Waals surface area contributed by atoms with Crippen LogP contribution in [0.15, 0.2) is 42.5 Å². The van der Waals surface area contributed by atoms with Gasteiger partial charge in [-0.3, -0.25) is 9.59 Å². The number of nitrogens with zero attached hydrogens (tertiary/aromatic N) is 2. The third-order valence-electron chi connectivity index (χ3n) is 4.47. The van der Waals surface area contributed by atoms with Crippen LogP contribution in [0.5, 0.6) is 0 Å². The Bertz CT molecular complexity index is 821. The molecule has 6 heteroatoms. The van der Waals surface area contributed by atoms with E-state index < -0.39 is 6.04 Å². The third-order valence-corrected chi connectivity index (χ3v) is 4.96. The molecule has 1 aliphatic rings. The van der Waals surface area contributed by atoms with Crippen LogP contribution in [0.4, 0.5) is 5.69 Å². The lowest BCUT2D eigenvalue weighted by Gasteiger charge is -2.39. The van der Waals surface area contributed by atoms with E-state index in [1.54, 1.807) is 53.1 Å². The normalized spacial score (nSPS) is 17.8. The monoisotopic (exact) mass is 376 g/mol. The minimum absolute atomic E-state index is 0.112. The molecule has 130 valence electrons. The van der Waals surface area contributed by atoms with E-state index >= 15 is 0 Å². The molecule has 25 heavy (non-hydrogen) atoms. The average Bonchev–Trinajstić information content (AvgIpc) is 2.60. The second-order valence-electron chi connectivity index (χ2n) is 6.10. The standard InChI is InChI=1S/C19H18Cl2N2O2/c1-12-3-6-16(21)11-17(12)23-10-9-22(13(2)18(23)24)19(25)14-4-7-15(20)8-5-14/h3-8,11,13H,9-10H2,1-2H3. The average molecular weight is 377 g/mol. The van der Waals surface area contributed by atoms with E-state index in [0.717, 1.165) is 11.3 Å². The Kier molecular flexibility index (Phi) is 5.02. The molecule has 0 spiro atoms. The molecule has 0 aromatic heterocycles. The van der Waals surface area contributed by atoms with Gasteiger partial charge >= 0.3 is 0 Å². The smallest absolute Gasteiger partial charge is 0.254 e. The summed E-state index contributed by atoms with van der Waals surface area (Å²) in [6.07, 6.45) is 0. The highest BCUT2D eigenvalue weighted by atomic mass is 35.5. The summed E-state index contributed by atoms with van der Waals surface area (Å²) in [6.45, 7) is 4.58. The van der Waals surface area contributed by atoms with Gasteiger partial charge in [0.05, 0.1) is 0 Å². The van der Waals surface area contributed by atoms with E-state index in [2.05, 4.69) is 0 Å². The molecule has 2 amide bonds. The second-order valence-corrected chi connectivity index (χ2v) is 6.97. The van der Waals surface area contributed by atoms with Gasteiger partial charge in [0.1, 0.15) is 6.04 Å². The van der Waals surface area contributed by atoms with E-state index in [4.69, 9.17) is 23.2 Å². The molecule has 1 aliphatic heterocycles. The predicted octanol–water partition coefficient (Wildman–Crippen LogP) is 4.18. The summed E-state index contributed by atoms with van der Waals surface area (Å²) < 4.78 is 0. The lowest BCUT2D eigenvalue weighted by Crippen LogP contribution is -2.57. The fraction of sp³-hybridized carbons (Fsp3) is 0.263. The molecule has 0 bridgehead atoms. The molecule has 1 unspecified atom stereocenters. The van der Waals surface area contributed by atoms with Gasteiger partial charge < -0.3 is 9.80 Å². The maximum absolute atomic E-state index is 12.9. The highest BCUT2D eigenvalue weighted by Crippen LogP contribution is 2.28. The van der Waals surface area contributed by atoms with Gasteiger partial charge in [0.2, 0.25) is 5.91 Å². The van der Waals surface area contributed by atoms with Crippen molar-refractivity contribution in [1.29, 1.82) is 0 Å². The lowest BCUT2D eigenvalue weighted by atomic mass is 10.1. The van der Waals surface area contributed by atoms with Crippen molar-refractivity contribution in [3.8, 4) is 0 Å². The van der Waals surface area contributed by atoms with Crippen molar-refractivity contribution in [1.82, 2.24) is 4.90 Å². The summed E-state index contributed by atoms with van der Waals surface area (Å²) in [4.78, 5) is 28.9. The molecule has 0 radical (unpaired) electrons. The van der Waals surface area contributed by atoms with Crippen molar-refractivity contribution in [3.05, 3.63) is 63.6 Å². The molecule has 4 nitrogen and oxygen atoms in total. The van der Waals surface area contributed by atoms with Crippen LogP contribution in [-0.2, 0) is 4.79 Å². The first kappa shape index (κ1) is 17.8. The fourth-order valence-electron chi connectivity index (χ4n) is 3.02. The lowest BCUT2D eigenvalue weighted by molar-refractivity contribution is -0.124. The van der Waals surface area contributed by atoms with Crippen molar-refractivity contribution in [3.63, 3.8) is 0 Å². The first-order valence-electron chi connectivity index (χ1n) is 8.02. The van der Waals surface area contributed by atoms with Gasteiger partial charge in [-0.1, -0.05) is 29.3 Å². The minimum atomic E-state index is -0.546. The van der Waals surface area contributed by atoms with Gasteiger partial charge in [0.15, 0.2) is 0 Å². The summed E-state index contributed by atoms with van der Waals surface area (Å²) >= 11 is 12.0. The summed E-state index contributed by atoms with van der Waals surface area (Å²) in [6, 6.07) is 11.6. The molecule has 1 fully saturated rings. The molecule has 2 aromatic rings. The van der Waals surface area contributed by atoms with E-state index in [9.17, 15) is 9.59 Å². The number of rotatable bonds is 2. The number of aryl methyl sites for hydroxylation is 1. The van der Waals surface area contributed by atoms with Crippen molar-refractivity contribution in [2.75, 3.05) is 18.0 Å². The number of benzene rings is 2. The van der Waals surface area contributed by atoms with E-state index in [-0.39, 0.29) is 11.8 Å². The third kappa shape index (κ3) is 3.51. The number of amides is 2. The zero-order valence-electron chi connectivity index (χ0n) is 14.0. The molecule has 1 saturated heterocycles. The van der Waals surface area contributed by atoms with Crippen LogP contribution >= 0.6 is 23.2 Å². The highest BCUT2D eigenvalue weighted by Gasteiger charge is 2.35. The van der Waals surface area contributed by atoms with Crippen molar-refractivity contribution in [2.45, 2.75) is 19.9 Å². The van der Waals surface area contributed by atoms with Crippen LogP contribution in [0.25, 0.3) is 0 Å². The zero-order valence-corrected chi connectivity index (χ0v) is 15.5. The fourth-order valence-corrected chi connectivity index (χ4v) is 3.31. The topological polar surface area (TPSA) is 40.6 Å². The van der Waals surface area contributed by atoms with Crippen LogP contribution in [0.3, 0.4) is 0 Å². The number of anilines is 1. The second kappa shape index (κ2) is 7.06. The van der Waals surface area contributed by atoms with Gasteiger partial charge in [0, 0.05) is 34.4 Å². The Balaban J connectivity index is 1.83. The minimum Gasteiger partial charge on any atom is -0.325 e. The summed E-state index contributed by atoms with van der Waals surface area (Å²) in [5.74, 6) is -0.279. The van der Waals surface area contributed by atoms with Crippen LogP contribution in [0.2, 0.25) is 10.0 Å². The Morgan fingerprint density at radius 1 is 1.04 bits per heavy atom. The molecule has 3 rings (SSSR count).